The first-order chi connectivity index (χ1) is 14.7. The van der Waals surface area contributed by atoms with E-state index in [9.17, 15) is 13.2 Å². The van der Waals surface area contributed by atoms with Crippen molar-refractivity contribution in [1.29, 1.82) is 0 Å². The van der Waals surface area contributed by atoms with Crippen LogP contribution >= 0.6 is 0 Å². The van der Waals surface area contributed by atoms with Crippen LogP contribution in [0.5, 0.6) is 11.5 Å². The number of methoxy groups -OCH3 is 1. The highest BCUT2D eigenvalue weighted by atomic mass is 32.2. The molecule has 0 unspecified atom stereocenters. The number of hydrogen-bond donors (Lipinski definition) is 1. The van der Waals surface area contributed by atoms with Gasteiger partial charge < -0.3 is 19.5 Å². The third-order valence-corrected chi connectivity index (χ3v) is 7.17. The summed E-state index contributed by atoms with van der Waals surface area (Å²) in [4.78, 5) is 12.7. The zero-order valence-electron chi connectivity index (χ0n) is 18.2. The second-order valence-corrected chi connectivity index (χ2v) is 9.24. The maximum atomic E-state index is 13.1. The molecule has 1 heterocycles. The highest BCUT2D eigenvalue weighted by Crippen LogP contribution is 2.30. The number of benzene rings is 2. The molecule has 31 heavy (non-hydrogen) atoms. The molecule has 1 aliphatic heterocycles. The summed E-state index contributed by atoms with van der Waals surface area (Å²) in [5.74, 6) is 0.456. The maximum absolute atomic E-state index is 13.1. The number of anilines is 1. The third-order valence-electron chi connectivity index (χ3n) is 5.25. The molecule has 1 aliphatic rings. The molecular weight excluding hydrogens is 420 g/mol. The topological polar surface area (TPSA) is 94.2 Å². The van der Waals surface area contributed by atoms with Crippen LogP contribution in [0.25, 0.3) is 0 Å². The Hall–Kier alpha value is -2.62. The summed E-state index contributed by atoms with van der Waals surface area (Å²) in [6.45, 7) is 6.76. The lowest BCUT2D eigenvalue weighted by molar-refractivity contribution is -0.122. The van der Waals surface area contributed by atoms with Crippen LogP contribution in [0.2, 0.25) is 0 Å². The molecule has 1 amide bonds. The second-order valence-electron chi connectivity index (χ2n) is 7.33. The van der Waals surface area contributed by atoms with Crippen LogP contribution in [-0.4, -0.2) is 58.1 Å². The summed E-state index contributed by atoms with van der Waals surface area (Å²) in [5, 5.41) is 2.74. The van der Waals surface area contributed by atoms with E-state index in [1.54, 1.807) is 13.0 Å². The summed E-state index contributed by atoms with van der Waals surface area (Å²) in [5.41, 5.74) is 2.37. The highest BCUT2D eigenvalue weighted by Gasteiger charge is 2.30. The number of morpholine rings is 1. The molecule has 1 atom stereocenters. The van der Waals surface area contributed by atoms with Gasteiger partial charge in [-0.1, -0.05) is 12.1 Å². The van der Waals surface area contributed by atoms with Gasteiger partial charge in [0.25, 0.3) is 5.91 Å². The Morgan fingerprint density at radius 2 is 1.84 bits per heavy atom. The van der Waals surface area contributed by atoms with E-state index in [0.29, 0.717) is 24.7 Å². The van der Waals surface area contributed by atoms with E-state index in [0.717, 1.165) is 11.1 Å². The van der Waals surface area contributed by atoms with Crippen molar-refractivity contribution in [3.63, 3.8) is 0 Å². The highest BCUT2D eigenvalue weighted by molar-refractivity contribution is 7.89. The molecule has 3 rings (SSSR count). The van der Waals surface area contributed by atoms with E-state index in [2.05, 4.69) is 5.32 Å². The minimum atomic E-state index is -3.80. The average Bonchev–Trinajstić information content (AvgIpc) is 2.77. The number of sulfonamides is 1. The fraction of sp³-hybridized carbons (Fsp3) is 0.409. The lowest BCUT2D eigenvalue weighted by Crippen LogP contribution is -2.40. The zero-order chi connectivity index (χ0) is 22.6. The van der Waals surface area contributed by atoms with E-state index in [-0.39, 0.29) is 29.6 Å². The van der Waals surface area contributed by atoms with Crippen molar-refractivity contribution in [2.45, 2.75) is 31.8 Å². The molecule has 9 heteroatoms. The molecule has 2 aromatic carbocycles. The van der Waals surface area contributed by atoms with Gasteiger partial charge in [-0.05, 0) is 56.2 Å². The van der Waals surface area contributed by atoms with E-state index in [1.165, 1.54) is 23.5 Å². The van der Waals surface area contributed by atoms with Crippen molar-refractivity contribution in [2.24, 2.45) is 0 Å². The number of ether oxygens (including phenoxy) is 3. The third kappa shape index (κ3) is 5.17. The van der Waals surface area contributed by atoms with Crippen LogP contribution in [-0.2, 0) is 19.6 Å². The Labute approximate surface area is 183 Å². The fourth-order valence-corrected chi connectivity index (χ4v) is 4.81. The van der Waals surface area contributed by atoms with Gasteiger partial charge in [0.2, 0.25) is 10.0 Å². The van der Waals surface area contributed by atoms with Crippen molar-refractivity contribution in [1.82, 2.24) is 4.31 Å². The number of carbonyl (C=O) groups excluding carboxylic acids is 1. The largest absolute Gasteiger partial charge is 0.495 e. The van der Waals surface area contributed by atoms with Crippen LogP contribution in [0, 0.1) is 13.8 Å². The number of nitrogens with zero attached hydrogens (tertiary/aromatic N) is 1. The van der Waals surface area contributed by atoms with Gasteiger partial charge in [-0.15, -0.1) is 0 Å². The molecule has 0 bridgehead atoms. The van der Waals surface area contributed by atoms with Crippen molar-refractivity contribution in [3.05, 3.63) is 47.5 Å². The molecule has 1 saturated heterocycles. The number of nitrogens with one attached hydrogen (secondary N) is 1. The summed E-state index contributed by atoms with van der Waals surface area (Å²) in [7, 11) is -2.39. The van der Waals surface area contributed by atoms with Gasteiger partial charge in [0, 0.05) is 18.8 Å². The first-order valence-corrected chi connectivity index (χ1v) is 11.5. The number of aryl methyl sites for hydroxylation is 1. The predicted molar refractivity (Wildman–Crippen MR) is 117 cm³/mol. The molecule has 1 fully saturated rings. The van der Waals surface area contributed by atoms with E-state index in [4.69, 9.17) is 14.2 Å². The molecule has 0 spiro atoms. The molecule has 0 radical (unpaired) electrons. The smallest absolute Gasteiger partial charge is 0.265 e. The lowest BCUT2D eigenvalue weighted by atomic mass is 10.1. The van der Waals surface area contributed by atoms with Crippen molar-refractivity contribution in [2.75, 3.05) is 38.7 Å². The van der Waals surface area contributed by atoms with Crippen molar-refractivity contribution in [3.8, 4) is 11.5 Å². The van der Waals surface area contributed by atoms with Crippen LogP contribution in [0.3, 0.4) is 0 Å². The molecule has 0 aromatic heterocycles. The Morgan fingerprint density at radius 3 is 2.52 bits per heavy atom. The van der Waals surface area contributed by atoms with Crippen molar-refractivity contribution < 1.29 is 27.4 Å². The van der Waals surface area contributed by atoms with E-state index < -0.39 is 16.1 Å². The SMILES string of the molecule is COc1ccc(NC(=O)[C@@H](C)Oc2cccc(C)c2C)cc1S(=O)(=O)N1CCOCC1. The van der Waals surface area contributed by atoms with Crippen LogP contribution < -0.4 is 14.8 Å². The van der Waals surface area contributed by atoms with Crippen LogP contribution in [0.1, 0.15) is 18.1 Å². The second kappa shape index (κ2) is 9.67. The molecule has 168 valence electrons. The van der Waals surface area contributed by atoms with Gasteiger partial charge in [-0.2, -0.15) is 4.31 Å². The van der Waals surface area contributed by atoms with Gasteiger partial charge in [-0.25, -0.2) is 8.42 Å². The maximum Gasteiger partial charge on any atom is 0.265 e. The number of hydrogen-bond acceptors (Lipinski definition) is 6. The van der Waals surface area contributed by atoms with Gasteiger partial charge in [0.15, 0.2) is 6.10 Å². The summed E-state index contributed by atoms with van der Waals surface area (Å²) >= 11 is 0. The van der Waals surface area contributed by atoms with Gasteiger partial charge in [0.1, 0.15) is 16.4 Å². The standard InChI is InChI=1S/C22H28N2O6S/c1-15-6-5-7-19(16(15)2)30-17(3)22(25)23-18-8-9-20(28-4)21(14-18)31(26,27)24-10-12-29-13-11-24/h5-9,14,17H,10-13H2,1-4H3,(H,23,25)/t17-/m1/s1. The predicted octanol–water partition coefficient (Wildman–Crippen LogP) is 2.74. The molecule has 8 nitrogen and oxygen atoms in total. The molecule has 0 saturated carbocycles. The van der Waals surface area contributed by atoms with E-state index in [1.807, 2.05) is 32.0 Å². The number of carbonyl (C=O) groups is 1. The first-order valence-electron chi connectivity index (χ1n) is 10.0. The Bertz CT molecular complexity index is 1050. The number of rotatable bonds is 7. The van der Waals surface area contributed by atoms with Crippen LogP contribution in [0.4, 0.5) is 5.69 Å². The quantitative estimate of drug-likeness (QED) is 0.700. The zero-order valence-corrected chi connectivity index (χ0v) is 19.0. The fourth-order valence-electron chi connectivity index (χ4n) is 3.22. The Balaban J connectivity index is 1.79. The average molecular weight is 449 g/mol. The Morgan fingerprint density at radius 1 is 1.13 bits per heavy atom. The molecule has 2 aromatic rings. The summed E-state index contributed by atoms with van der Waals surface area (Å²) < 4.78 is 43.9. The molecule has 0 aliphatic carbocycles. The Kier molecular flexibility index (Phi) is 7.19. The van der Waals surface area contributed by atoms with Gasteiger partial charge >= 0.3 is 0 Å². The number of amides is 1. The molecular formula is C22H28N2O6S. The first kappa shape index (κ1) is 23.1. The van der Waals surface area contributed by atoms with Gasteiger partial charge in [0.05, 0.1) is 20.3 Å². The summed E-state index contributed by atoms with van der Waals surface area (Å²) in [6.07, 6.45) is -0.776. The van der Waals surface area contributed by atoms with Gasteiger partial charge in [-0.3, -0.25) is 4.79 Å². The van der Waals surface area contributed by atoms with Crippen LogP contribution in [0.15, 0.2) is 41.3 Å². The normalized spacial score (nSPS) is 15.9. The van der Waals surface area contributed by atoms with Crippen molar-refractivity contribution >= 4 is 21.6 Å². The van der Waals surface area contributed by atoms with E-state index >= 15 is 0 Å². The minimum Gasteiger partial charge on any atom is -0.495 e. The minimum absolute atomic E-state index is 0.00204. The summed E-state index contributed by atoms with van der Waals surface area (Å²) in [6, 6.07) is 10.2. The monoisotopic (exact) mass is 448 g/mol. The lowest BCUT2D eigenvalue weighted by Gasteiger charge is -2.27. The molecule has 1 N–H and O–H groups in total.